The van der Waals surface area contributed by atoms with E-state index in [0.29, 0.717) is 12.2 Å². The quantitative estimate of drug-likeness (QED) is 0.602. The fraction of sp³-hybridized carbons (Fsp3) is 0.609. The summed E-state index contributed by atoms with van der Waals surface area (Å²) in [5.41, 5.74) is 3.59. The number of carbonyl (C=O) groups excluding carboxylic acids is 1. The van der Waals surface area contributed by atoms with Crippen molar-refractivity contribution in [3.05, 3.63) is 29.0 Å². The first-order valence-electron chi connectivity index (χ1n) is 10.8. The Morgan fingerprint density at radius 3 is 2.73 bits per heavy atom. The lowest BCUT2D eigenvalue weighted by atomic mass is 9.53. The van der Waals surface area contributed by atoms with Gasteiger partial charge in [-0.3, -0.25) is 4.90 Å². The molecule has 0 bridgehead atoms. The molecule has 160 valence electrons. The molecule has 1 aromatic carbocycles. The monoisotopic (exact) mass is 412 g/mol. The van der Waals surface area contributed by atoms with E-state index in [1.165, 1.54) is 12.7 Å². The molecule has 0 amide bonds. The zero-order valence-corrected chi connectivity index (χ0v) is 17.9. The van der Waals surface area contributed by atoms with Crippen LogP contribution in [0.4, 0.5) is 5.69 Å². The first kappa shape index (κ1) is 18.5. The van der Waals surface area contributed by atoms with Crippen LogP contribution >= 0.6 is 0 Å². The third kappa shape index (κ3) is 1.96. The minimum atomic E-state index is -0.288. The van der Waals surface area contributed by atoms with E-state index in [-0.39, 0.29) is 35.0 Å². The number of carbonyl (C=O) groups is 1. The second-order valence-corrected chi connectivity index (χ2v) is 9.20. The Bertz CT molecular complexity index is 990. The van der Waals surface area contributed by atoms with E-state index >= 15 is 0 Å². The first-order valence-corrected chi connectivity index (χ1v) is 10.8. The summed E-state index contributed by atoms with van der Waals surface area (Å²) in [6.07, 6.45) is 3.11. The molecule has 4 aliphatic heterocycles. The molecule has 3 fully saturated rings. The van der Waals surface area contributed by atoms with Crippen LogP contribution in [0.5, 0.6) is 11.5 Å². The Labute approximate surface area is 176 Å². The normalized spacial score (nSPS) is 37.5. The van der Waals surface area contributed by atoms with Gasteiger partial charge >= 0.3 is 5.97 Å². The minimum Gasteiger partial charge on any atom is -0.493 e. The summed E-state index contributed by atoms with van der Waals surface area (Å²) in [7, 11) is 4.79. The maximum atomic E-state index is 13.0. The van der Waals surface area contributed by atoms with Crippen LogP contribution in [-0.2, 0) is 19.7 Å². The highest BCUT2D eigenvalue weighted by atomic mass is 16.6. The number of anilines is 1. The van der Waals surface area contributed by atoms with Crippen molar-refractivity contribution in [2.24, 2.45) is 5.41 Å². The van der Waals surface area contributed by atoms with Crippen LogP contribution in [0.25, 0.3) is 0 Å². The van der Waals surface area contributed by atoms with Gasteiger partial charge in [-0.15, -0.1) is 0 Å². The van der Waals surface area contributed by atoms with Crippen molar-refractivity contribution in [2.45, 2.75) is 49.9 Å². The molecular weight excluding hydrogens is 384 g/mol. The third-order valence-corrected chi connectivity index (χ3v) is 8.34. The number of piperidine rings is 1. The van der Waals surface area contributed by atoms with Gasteiger partial charge in [0.05, 0.1) is 44.5 Å². The number of hydrogen-bond donors (Lipinski definition) is 1. The number of methoxy groups -OCH3 is 3. The summed E-state index contributed by atoms with van der Waals surface area (Å²) in [6.45, 7) is 4.21. The van der Waals surface area contributed by atoms with Gasteiger partial charge in [-0.25, -0.2) is 4.79 Å². The molecule has 7 nitrogen and oxygen atoms in total. The van der Waals surface area contributed by atoms with E-state index < -0.39 is 0 Å². The number of epoxide rings is 1. The fourth-order valence-corrected chi connectivity index (χ4v) is 7.18. The molecule has 1 N–H and O–H groups in total. The van der Waals surface area contributed by atoms with Gasteiger partial charge in [0, 0.05) is 35.5 Å². The van der Waals surface area contributed by atoms with Crippen molar-refractivity contribution >= 4 is 11.7 Å². The number of ether oxygens (including phenoxy) is 4. The highest BCUT2D eigenvalue weighted by Gasteiger charge is 2.73. The Hall–Kier alpha value is -2.25. The molecule has 7 heteroatoms. The number of hydrogen-bond acceptors (Lipinski definition) is 7. The highest BCUT2D eigenvalue weighted by molar-refractivity contribution is 5.93. The second-order valence-electron chi connectivity index (χ2n) is 9.20. The molecule has 0 unspecified atom stereocenters. The van der Waals surface area contributed by atoms with Crippen molar-refractivity contribution in [3.8, 4) is 11.5 Å². The minimum absolute atomic E-state index is 0.0944. The predicted octanol–water partition coefficient (Wildman–Crippen LogP) is 2.45. The maximum Gasteiger partial charge on any atom is 0.335 e. The van der Waals surface area contributed by atoms with E-state index in [0.717, 1.165) is 48.6 Å². The van der Waals surface area contributed by atoms with Crippen molar-refractivity contribution in [1.82, 2.24) is 4.90 Å². The Balaban J connectivity index is 1.64. The summed E-state index contributed by atoms with van der Waals surface area (Å²) < 4.78 is 22.7. The Kier molecular flexibility index (Phi) is 3.65. The highest BCUT2D eigenvalue weighted by Crippen LogP contribution is 2.68. The van der Waals surface area contributed by atoms with Crippen LogP contribution in [0.3, 0.4) is 0 Å². The van der Waals surface area contributed by atoms with Crippen molar-refractivity contribution in [1.29, 1.82) is 0 Å². The SMILES string of the molecule is CC[C@@]12CC(C(=O)OC)=C3Nc4cc(OC)c(OC)cc4[C@@]34CCN(C[C@H]3O[C@H]31)[C@@H]24. The number of esters is 1. The zero-order valence-electron chi connectivity index (χ0n) is 17.9. The number of rotatable bonds is 4. The van der Waals surface area contributed by atoms with Crippen LogP contribution in [0.1, 0.15) is 31.7 Å². The number of nitrogens with zero attached hydrogens (tertiary/aromatic N) is 1. The Morgan fingerprint density at radius 1 is 1.27 bits per heavy atom. The molecular formula is C23H28N2O5. The van der Waals surface area contributed by atoms with Gasteiger partial charge in [-0.05, 0) is 37.4 Å². The summed E-state index contributed by atoms with van der Waals surface area (Å²) >= 11 is 0. The predicted molar refractivity (Wildman–Crippen MR) is 110 cm³/mol. The van der Waals surface area contributed by atoms with Crippen LogP contribution in [0.15, 0.2) is 23.4 Å². The summed E-state index contributed by atoms with van der Waals surface area (Å²) in [5.74, 6) is 1.16. The lowest BCUT2D eigenvalue weighted by Crippen LogP contribution is -2.63. The van der Waals surface area contributed by atoms with Crippen LogP contribution in [0, 0.1) is 5.41 Å². The first-order chi connectivity index (χ1) is 14.5. The average molecular weight is 412 g/mol. The van der Waals surface area contributed by atoms with Crippen molar-refractivity contribution < 1.29 is 23.7 Å². The maximum absolute atomic E-state index is 13.0. The summed E-state index contributed by atoms with van der Waals surface area (Å²) in [5, 5.41) is 3.62. The summed E-state index contributed by atoms with van der Waals surface area (Å²) in [6, 6.07) is 4.39. The van der Waals surface area contributed by atoms with Crippen molar-refractivity contribution in [3.63, 3.8) is 0 Å². The largest absolute Gasteiger partial charge is 0.493 e. The lowest BCUT2D eigenvalue weighted by molar-refractivity contribution is -0.137. The van der Waals surface area contributed by atoms with Gasteiger partial charge in [0.1, 0.15) is 0 Å². The number of benzene rings is 1. The molecule has 4 heterocycles. The van der Waals surface area contributed by atoms with Gasteiger partial charge in [-0.1, -0.05) is 6.92 Å². The van der Waals surface area contributed by atoms with E-state index in [1.54, 1.807) is 14.2 Å². The van der Waals surface area contributed by atoms with Crippen molar-refractivity contribution in [2.75, 3.05) is 39.7 Å². The third-order valence-electron chi connectivity index (χ3n) is 8.34. The van der Waals surface area contributed by atoms with E-state index in [9.17, 15) is 4.79 Å². The molecule has 3 saturated heterocycles. The molecule has 5 atom stereocenters. The van der Waals surface area contributed by atoms with E-state index in [4.69, 9.17) is 18.9 Å². The topological polar surface area (TPSA) is 72.6 Å². The van der Waals surface area contributed by atoms with Gasteiger partial charge in [-0.2, -0.15) is 0 Å². The molecule has 30 heavy (non-hydrogen) atoms. The number of nitrogens with one attached hydrogen (secondary N) is 1. The summed E-state index contributed by atoms with van der Waals surface area (Å²) in [4.78, 5) is 15.6. The van der Waals surface area contributed by atoms with Gasteiger partial charge in [0.2, 0.25) is 0 Å². The standard InChI is InChI=1S/C23H28N2O5/c1-5-22-10-12(20(26)29-4)18-23(6-7-25(21(22)23)11-17-19(22)30-17)13-8-15(27-2)16(28-3)9-14(13)24-18/h8-9,17,19,21,24H,5-7,10-11H2,1-4H3/t17-,19-,21+,22-,23+/m1/s1. The average Bonchev–Trinajstić information content (AvgIpc) is 3.37. The zero-order chi connectivity index (χ0) is 20.8. The van der Waals surface area contributed by atoms with E-state index in [2.05, 4.69) is 23.2 Å². The fourth-order valence-electron chi connectivity index (χ4n) is 7.18. The molecule has 1 spiro atoms. The molecule has 0 saturated carbocycles. The molecule has 0 radical (unpaired) electrons. The molecule has 0 aromatic heterocycles. The molecule has 1 aromatic rings. The molecule has 5 aliphatic rings. The second kappa shape index (κ2) is 5.92. The number of fused-ring (bicyclic) bond motifs is 3. The Morgan fingerprint density at radius 2 is 2.03 bits per heavy atom. The van der Waals surface area contributed by atoms with Crippen LogP contribution in [0.2, 0.25) is 0 Å². The van der Waals surface area contributed by atoms with Crippen LogP contribution in [-0.4, -0.2) is 63.5 Å². The van der Waals surface area contributed by atoms with Gasteiger partial charge in [0.15, 0.2) is 11.5 Å². The van der Waals surface area contributed by atoms with Crippen LogP contribution < -0.4 is 14.8 Å². The van der Waals surface area contributed by atoms with Gasteiger partial charge < -0.3 is 24.3 Å². The lowest BCUT2D eigenvalue weighted by Gasteiger charge is -2.54. The smallest absolute Gasteiger partial charge is 0.335 e. The molecule has 1 aliphatic carbocycles. The van der Waals surface area contributed by atoms with Gasteiger partial charge in [0.25, 0.3) is 0 Å². The van der Waals surface area contributed by atoms with E-state index in [1.807, 2.05) is 6.07 Å². The molecule has 6 rings (SSSR count).